The molecule has 5 nitrogen and oxygen atoms in total. The maximum Gasteiger partial charge on any atom is 0.189 e. The molecule has 0 saturated heterocycles. The number of para-hydroxylation sites is 2. The van der Waals surface area contributed by atoms with Crippen LogP contribution >= 0.6 is 0 Å². The van der Waals surface area contributed by atoms with E-state index in [1.165, 1.54) is 0 Å². The molecule has 102 valence electrons. The minimum atomic E-state index is 0.337. The molecule has 0 spiro atoms. The normalized spacial score (nSPS) is 13.7. The van der Waals surface area contributed by atoms with Crippen molar-refractivity contribution in [2.45, 2.75) is 32.9 Å². The maximum atomic E-state index is 5.84. The quantitative estimate of drug-likeness (QED) is 0.649. The molecule has 1 unspecified atom stereocenters. The van der Waals surface area contributed by atoms with E-state index in [1.54, 1.807) is 0 Å². The number of benzene rings is 1. The van der Waals surface area contributed by atoms with Gasteiger partial charge in [-0.2, -0.15) is 0 Å². The third-order valence-electron chi connectivity index (χ3n) is 3.28. The van der Waals surface area contributed by atoms with E-state index in [4.69, 9.17) is 5.73 Å². The van der Waals surface area contributed by atoms with Crippen LogP contribution in [0.4, 0.5) is 0 Å². The highest BCUT2D eigenvalue weighted by Crippen LogP contribution is 2.14. The van der Waals surface area contributed by atoms with Gasteiger partial charge in [0.25, 0.3) is 0 Å². The SMILES string of the molecule is CCC(C)NC(N)=NCc1nc2ccccc2n1C. The number of nitrogens with one attached hydrogen (secondary N) is 1. The zero-order valence-electron chi connectivity index (χ0n) is 11.7. The van der Waals surface area contributed by atoms with E-state index in [-0.39, 0.29) is 0 Å². The molecule has 0 aliphatic carbocycles. The Balaban J connectivity index is 2.13. The first-order valence-electron chi connectivity index (χ1n) is 6.58. The average molecular weight is 259 g/mol. The lowest BCUT2D eigenvalue weighted by Crippen LogP contribution is -2.38. The minimum absolute atomic E-state index is 0.337. The molecule has 0 radical (unpaired) electrons. The number of nitrogens with zero attached hydrogens (tertiary/aromatic N) is 3. The first-order chi connectivity index (χ1) is 9.11. The summed E-state index contributed by atoms with van der Waals surface area (Å²) in [6.45, 7) is 4.67. The van der Waals surface area contributed by atoms with E-state index in [1.807, 2.05) is 25.2 Å². The van der Waals surface area contributed by atoms with Gasteiger partial charge in [0.1, 0.15) is 12.4 Å². The summed E-state index contributed by atoms with van der Waals surface area (Å²) in [5.41, 5.74) is 7.95. The Morgan fingerprint density at radius 1 is 1.47 bits per heavy atom. The van der Waals surface area contributed by atoms with Crippen LogP contribution in [0.3, 0.4) is 0 Å². The topological polar surface area (TPSA) is 68.2 Å². The van der Waals surface area contributed by atoms with Gasteiger partial charge >= 0.3 is 0 Å². The van der Waals surface area contributed by atoms with Crippen molar-refractivity contribution in [1.82, 2.24) is 14.9 Å². The van der Waals surface area contributed by atoms with Crippen LogP contribution in [-0.4, -0.2) is 21.6 Å². The number of guanidine groups is 1. The summed E-state index contributed by atoms with van der Waals surface area (Å²) in [5, 5.41) is 3.14. The lowest BCUT2D eigenvalue weighted by molar-refractivity contribution is 0.635. The summed E-state index contributed by atoms with van der Waals surface area (Å²) in [7, 11) is 2.00. The minimum Gasteiger partial charge on any atom is -0.370 e. The monoisotopic (exact) mass is 259 g/mol. The molecule has 0 aliphatic heterocycles. The van der Waals surface area contributed by atoms with Crippen LogP contribution < -0.4 is 11.1 Å². The fourth-order valence-electron chi connectivity index (χ4n) is 1.89. The fourth-order valence-corrected chi connectivity index (χ4v) is 1.89. The summed E-state index contributed by atoms with van der Waals surface area (Å²) >= 11 is 0. The van der Waals surface area contributed by atoms with Gasteiger partial charge < -0.3 is 15.6 Å². The second kappa shape index (κ2) is 5.73. The molecule has 1 atom stereocenters. The highest BCUT2D eigenvalue weighted by molar-refractivity contribution is 5.78. The van der Waals surface area contributed by atoms with E-state index >= 15 is 0 Å². The lowest BCUT2D eigenvalue weighted by Gasteiger charge is -2.11. The van der Waals surface area contributed by atoms with Gasteiger partial charge in [-0.15, -0.1) is 0 Å². The number of imidazole rings is 1. The van der Waals surface area contributed by atoms with E-state index in [0.29, 0.717) is 18.5 Å². The number of rotatable bonds is 4. The number of hydrogen-bond acceptors (Lipinski definition) is 2. The highest BCUT2D eigenvalue weighted by Gasteiger charge is 2.06. The molecule has 1 aromatic carbocycles. The van der Waals surface area contributed by atoms with Crippen molar-refractivity contribution < 1.29 is 0 Å². The van der Waals surface area contributed by atoms with Crippen molar-refractivity contribution in [1.29, 1.82) is 0 Å². The van der Waals surface area contributed by atoms with E-state index in [9.17, 15) is 0 Å². The van der Waals surface area contributed by atoms with Crippen LogP contribution in [0.1, 0.15) is 26.1 Å². The number of nitrogens with two attached hydrogens (primary N) is 1. The van der Waals surface area contributed by atoms with E-state index in [0.717, 1.165) is 23.3 Å². The molecular formula is C14H21N5. The summed E-state index contributed by atoms with van der Waals surface area (Å²) < 4.78 is 2.05. The van der Waals surface area contributed by atoms with Gasteiger partial charge in [-0.3, -0.25) is 0 Å². The predicted molar refractivity (Wildman–Crippen MR) is 78.9 cm³/mol. The molecular weight excluding hydrogens is 238 g/mol. The van der Waals surface area contributed by atoms with E-state index in [2.05, 4.69) is 39.8 Å². The molecule has 0 fully saturated rings. The van der Waals surface area contributed by atoms with Gasteiger partial charge in [0.05, 0.1) is 11.0 Å². The average Bonchev–Trinajstić information content (AvgIpc) is 2.73. The van der Waals surface area contributed by atoms with Crippen molar-refractivity contribution in [2.24, 2.45) is 17.8 Å². The lowest BCUT2D eigenvalue weighted by atomic mass is 10.3. The Kier molecular flexibility index (Phi) is 4.04. The second-order valence-corrected chi connectivity index (χ2v) is 4.73. The Hall–Kier alpha value is -2.04. The molecule has 19 heavy (non-hydrogen) atoms. The molecule has 0 aliphatic rings. The van der Waals surface area contributed by atoms with Crippen molar-refractivity contribution in [2.75, 3.05) is 0 Å². The fraction of sp³-hybridized carbons (Fsp3) is 0.429. The first kappa shape index (κ1) is 13.4. The van der Waals surface area contributed by atoms with Gasteiger partial charge in [0, 0.05) is 13.1 Å². The number of aryl methyl sites for hydroxylation is 1. The van der Waals surface area contributed by atoms with Crippen LogP contribution in [0, 0.1) is 0 Å². The standard InChI is InChI=1S/C14H21N5/c1-4-10(2)17-14(15)16-9-13-18-11-7-5-6-8-12(11)19(13)3/h5-8,10H,4,9H2,1-3H3,(H3,15,16,17). The Morgan fingerprint density at radius 3 is 2.89 bits per heavy atom. The predicted octanol–water partition coefficient (Wildman–Crippen LogP) is 1.78. The van der Waals surface area contributed by atoms with Crippen molar-refractivity contribution in [3.8, 4) is 0 Å². The first-order valence-corrected chi connectivity index (χ1v) is 6.58. The van der Waals surface area contributed by atoms with Gasteiger partial charge in [-0.05, 0) is 25.5 Å². The van der Waals surface area contributed by atoms with Crippen LogP contribution in [-0.2, 0) is 13.6 Å². The number of fused-ring (bicyclic) bond motifs is 1. The molecule has 3 N–H and O–H groups in total. The van der Waals surface area contributed by atoms with Crippen molar-refractivity contribution in [3.05, 3.63) is 30.1 Å². The molecule has 1 heterocycles. The molecule has 1 aromatic heterocycles. The molecule has 2 aromatic rings. The number of aromatic nitrogens is 2. The second-order valence-electron chi connectivity index (χ2n) is 4.73. The van der Waals surface area contributed by atoms with Crippen LogP contribution in [0.15, 0.2) is 29.3 Å². The third kappa shape index (κ3) is 3.05. The van der Waals surface area contributed by atoms with Crippen molar-refractivity contribution in [3.63, 3.8) is 0 Å². The van der Waals surface area contributed by atoms with Gasteiger partial charge in [-0.1, -0.05) is 19.1 Å². The largest absolute Gasteiger partial charge is 0.370 e. The maximum absolute atomic E-state index is 5.84. The Labute approximate surface area is 113 Å². The zero-order valence-corrected chi connectivity index (χ0v) is 11.7. The third-order valence-corrected chi connectivity index (χ3v) is 3.28. The Bertz CT molecular complexity index is 585. The molecule has 0 amide bonds. The summed E-state index contributed by atoms with van der Waals surface area (Å²) in [4.78, 5) is 8.89. The Morgan fingerprint density at radius 2 is 2.21 bits per heavy atom. The van der Waals surface area contributed by atoms with Gasteiger partial charge in [0.2, 0.25) is 0 Å². The highest BCUT2D eigenvalue weighted by atomic mass is 15.1. The van der Waals surface area contributed by atoms with Crippen LogP contribution in [0.25, 0.3) is 11.0 Å². The number of aliphatic imine (C=N–C) groups is 1. The van der Waals surface area contributed by atoms with Crippen LogP contribution in [0.5, 0.6) is 0 Å². The zero-order chi connectivity index (χ0) is 13.8. The van der Waals surface area contributed by atoms with Gasteiger partial charge in [0.15, 0.2) is 5.96 Å². The smallest absolute Gasteiger partial charge is 0.189 e. The molecule has 0 saturated carbocycles. The summed E-state index contributed by atoms with van der Waals surface area (Å²) in [6, 6.07) is 8.39. The van der Waals surface area contributed by atoms with Gasteiger partial charge in [-0.25, -0.2) is 9.98 Å². The molecule has 0 bridgehead atoms. The van der Waals surface area contributed by atoms with E-state index < -0.39 is 0 Å². The van der Waals surface area contributed by atoms with Crippen molar-refractivity contribution >= 4 is 17.0 Å². The summed E-state index contributed by atoms with van der Waals surface area (Å²) in [5.74, 6) is 1.39. The summed E-state index contributed by atoms with van der Waals surface area (Å²) in [6.07, 6.45) is 1.02. The molecule has 2 rings (SSSR count). The number of hydrogen-bond donors (Lipinski definition) is 2. The van der Waals surface area contributed by atoms with Crippen LogP contribution in [0.2, 0.25) is 0 Å². The molecule has 5 heteroatoms.